The highest BCUT2D eigenvalue weighted by Crippen LogP contribution is 2.34. The van der Waals surface area contributed by atoms with Crippen molar-refractivity contribution >= 4 is 11.6 Å². The van der Waals surface area contributed by atoms with Gasteiger partial charge in [-0.15, -0.1) is 0 Å². The van der Waals surface area contributed by atoms with Gasteiger partial charge in [0.2, 0.25) is 5.91 Å². The second kappa shape index (κ2) is 5.65. The molecule has 19 heavy (non-hydrogen) atoms. The number of hydrogen-bond acceptors (Lipinski definition) is 2. The van der Waals surface area contributed by atoms with E-state index in [4.69, 9.17) is 0 Å². The maximum atomic E-state index is 13.4. The van der Waals surface area contributed by atoms with Gasteiger partial charge in [-0.1, -0.05) is 13.0 Å². The van der Waals surface area contributed by atoms with Crippen molar-refractivity contribution in [2.75, 3.05) is 11.9 Å². The van der Waals surface area contributed by atoms with E-state index in [1.807, 2.05) is 0 Å². The van der Waals surface area contributed by atoms with Gasteiger partial charge in [0.1, 0.15) is 17.3 Å². The van der Waals surface area contributed by atoms with Gasteiger partial charge >= 0.3 is 0 Å². The fourth-order valence-corrected chi connectivity index (χ4v) is 2.33. The molecule has 2 N–H and O–H groups in total. The van der Waals surface area contributed by atoms with E-state index in [-0.39, 0.29) is 17.8 Å². The molecule has 0 heterocycles. The van der Waals surface area contributed by atoms with Crippen molar-refractivity contribution in [2.45, 2.75) is 38.1 Å². The van der Waals surface area contributed by atoms with Crippen molar-refractivity contribution in [1.29, 1.82) is 0 Å². The molecule has 0 bridgehead atoms. The average molecular weight is 268 g/mol. The highest BCUT2D eigenvalue weighted by molar-refractivity contribution is 5.92. The number of hydrogen-bond donors (Lipinski definition) is 2. The topological polar surface area (TPSA) is 41.1 Å². The Labute approximate surface area is 111 Å². The van der Waals surface area contributed by atoms with E-state index in [1.54, 1.807) is 0 Å². The Balaban J connectivity index is 1.91. The first-order valence-electron chi connectivity index (χ1n) is 6.55. The van der Waals surface area contributed by atoms with Crippen LogP contribution in [0.3, 0.4) is 0 Å². The first-order chi connectivity index (χ1) is 9.06. The Bertz CT molecular complexity index is 447. The van der Waals surface area contributed by atoms with Crippen LogP contribution < -0.4 is 10.6 Å². The van der Waals surface area contributed by atoms with Crippen LogP contribution in [-0.2, 0) is 4.79 Å². The van der Waals surface area contributed by atoms with E-state index in [2.05, 4.69) is 17.6 Å². The first kappa shape index (κ1) is 13.9. The maximum Gasteiger partial charge on any atom is 0.238 e. The Morgan fingerprint density at radius 1 is 1.32 bits per heavy atom. The summed E-state index contributed by atoms with van der Waals surface area (Å²) in [7, 11) is 0. The number of benzene rings is 1. The summed E-state index contributed by atoms with van der Waals surface area (Å²) in [6, 6.07) is 3.50. The van der Waals surface area contributed by atoms with Crippen LogP contribution in [0.15, 0.2) is 18.2 Å². The van der Waals surface area contributed by atoms with Gasteiger partial charge in [0, 0.05) is 5.54 Å². The Kier molecular flexibility index (Phi) is 4.14. The molecule has 1 fully saturated rings. The minimum atomic E-state index is -0.762. The second-order valence-corrected chi connectivity index (χ2v) is 4.99. The van der Waals surface area contributed by atoms with Gasteiger partial charge in [-0.05, 0) is 37.8 Å². The number of para-hydroxylation sites is 1. The molecule has 1 aliphatic rings. The summed E-state index contributed by atoms with van der Waals surface area (Å²) >= 11 is 0. The van der Waals surface area contributed by atoms with Crippen molar-refractivity contribution in [1.82, 2.24) is 5.32 Å². The Hall–Kier alpha value is -1.49. The lowest BCUT2D eigenvalue weighted by molar-refractivity contribution is -0.116. The lowest BCUT2D eigenvalue weighted by Gasteiger charge is -2.42. The van der Waals surface area contributed by atoms with Crippen molar-refractivity contribution in [3.63, 3.8) is 0 Å². The van der Waals surface area contributed by atoms with Crippen LogP contribution in [0.5, 0.6) is 0 Å². The Morgan fingerprint density at radius 2 is 1.95 bits per heavy atom. The van der Waals surface area contributed by atoms with Crippen LogP contribution in [0.25, 0.3) is 0 Å². The molecule has 0 radical (unpaired) electrons. The standard InChI is InChI=1S/C14H18F2N2O/c1-2-14(7-4-8-14)17-9-12(19)18-13-10(15)5-3-6-11(13)16/h3,5-6,17H,2,4,7-9H2,1H3,(H,18,19). The van der Waals surface area contributed by atoms with Gasteiger partial charge in [-0.2, -0.15) is 0 Å². The molecule has 0 spiro atoms. The van der Waals surface area contributed by atoms with E-state index < -0.39 is 17.5 Å². The zero-order valence-corrected chi connectivity index (χ0v) is 10.9. The molecule has 0 unspecified atom stereocenters. The molecule has 0 atom stereocenters. The molecule has 1 saturated carbocycles. The van der Waals surface area contributed by atoms with Crippen LogP contribution in [0, 0.1) is 11.6 Å². The van der Waals surface area contributed by atoms with Crippen LogP contribution >= 0.6 is 0 Å². The summed E-state index contributed by atoms with van der Waals surface area (Å²) < 4.78 is 26.7. The third-order valence-corrected chi connectivity index (χ3v) is 3.84. The minimum Gasteiger partial charge on any atom is -0.320 e. The quantitative estimate of drug-likeness (QED) is 0.862. The van der Waals surface area contributed by atoms with Gasteiger partial charge in [-0.25, -0.2) is 8.78 Å². The van der Waals surface area contributed by atoms with E-state index >= 15 is 0 Å². The molecule has 0 aromatic heterocycles. The van der Waals surface area contributed by atoms with Crippen molar-refractivity contribution in [3.8, 4) is 0 Å². The lowest BCUT2D eigenvalue weighted by Crippen LogP contribution is -2.52. The monoisotopic (exact) mass is 268 g/mol. The van der Waals surface area contributed by atoms with Gasteiger partial charge in [0.25, 0.3) is 0 Å². The number of anilines is 1. The van der Waals surface area contributed by atoms with Gasteiger partial charge in [0.05, 0.1) is 6.54 Å². The van der Waals surface area contributed by atoms with Gasteiger partial charge < -0.3 is 10.6 Å². The smallest absolute Gasteiger partial charge is 0.238 e. The summed E-state index contributed by atoms with van der Waals surface area (Å²) in [5.41, 5.74) is -0.348. The summed E-state index contributed by atoms with van der Waals surface area (Å²) in [5, 5.41) is 5.46. The van der Waals surface area contributed by atoms with E-state index in [1.165, 1.54) is 6.07 Å². The molecule has 1 aliphatic carbocycles. The predicted molar refractivity (Wildman–Crippen MR) is 69.9 cm³/mol. The van der Waals surface area contributed by atoms with Crippen LogP contribution in [0.4, 0.5) is 14.5 Å². The zero-order chi connectivity index (χ0) is 13.9. The molecule has 2 rings (SSSR count). The number of carbonyl (C=O) groups is 1. The largest absolute Gasteiger partial charge is 0.320 e. The average Bonchev–Trinajstić information content (AvgIpc) is 2.33. The number of nitrogens with one attached hydrogen (secondary N) is 2. The fraction of sp³-hybridized carbons (Fsp3) is 0.500. The maximum absolute atomic E-state index is 13.4. The van der Waals surface area contributed by atoms with Crippen molar-refractivity contribution in [2.24, 2.45) is 0 Å². The van der Waals surface area contributed by atoms with Crippen LogP contribution in [0.2, 0.25) is 0 Å². The zero-order valence-electron chi connectivity index (χ0n) is 10.9. The molecule has 1 aromatic carbocycles. The van der Waals surface area contributed by atoms with Crippen LogP contribution in [-0.4, -0.2) is 18.0 Å². The summed E-state index contributed by atoms with van der Waals surface area (Å²) in [6.07, 6.45) is 4.20. The van der Waals surface area contributed by atoms with Crippen molar-refractivity contribution in [3.05, 3.63) is 29.8 Å². The predicted octanol–water partition coefficient (Wildman–Crippen LogP) is 2.83. The lowest BCUT2D eigenvalue weighted by atomic mass is 9.75. The first-order valence-corrected chi connectivity index (χ1v) is 6.55. The second-order valence-electron chi connectivity index (χ2n) is 4.99. The number of amides is 1. The molecule has 104 valence electrons. The number of carbonyl (C=O) groups excluding carboxylic acids is 1. The molecule has 1 aromatic rings. The summed E-state index contributed by atoms with van der Waals surface area (Å²) in [5.74, 6) is -1.95. The SMILES string of the molecule is CCC1(NCC(=O)Nc2c(F)cccc2F)CCC1. The molecule has 1 amide bonds. The normalized spacial score (nSPS) is 16.8. The molecule has 0 saturated heterocycles. The van der Waals surface area contributed by atoms with Crippen molar-refractivity contribution < 1.29 is 13.6 Å². The fourth-order valence-electron chi connectivity index (χ4n) is 2.33. The molecule has 3 nitrogen and oxygen atoms in total. The summed E-state index contributed by atoms with van der Waals surface area (Å²) in [4.78, 5) is 11.7. The molecular formula is C14H18F2N2O. The molecule has 5 heteroatoms. The van der Waals surface area contributed by atoms with Gasteiger partial charge in [-0.3, -0.25) is 4.79 Å². The highest BCUT2D eigenvalue weighted by Gasteiger charge is 2.34. The summed E-state index contributed by atoms with van der Waals surface area (Å²) in [6.45, 7) is 2.14. The van der Waals surface area contributed by atoms with E-state index in [0.717, 1.165) is 37.8 Å². The van der Waals surface area contributed by atoms with E-state index in [0.29, 0.717) is 0 Å². The van der Waals surface area contributed by atoms with Gasteiger partial charge in [0.15, 0.2) is 0 Å². The number of rotatable bonds is 5. The van der Waals surface area contributed by atoms with Crippen LogP contribution in [0.1, 0.15) is 32.6 Å². The molecule has 0 aliphatic heterocycles. The third-order valence-electron chi connectivity index (χ3n) is 3.84. The Morgan fingerprint density at radius 3 is 2.42 bits per heavy atom. The van der Waals surface area contributed by atoms with E-state index in [9.17, 15) is 13.6 Å². The number of halogens is 2. The minimum absolute atomic E-state index is 0.0329. The highest BCUT2D eigenvalue weighted by atomic mass is 19.1. The third kappa shape index (κ3) is 3.10. The molecular weight excluding hydrogens is 250 g/mol.